The summed E-state index contributed by atoms with van der Waals surface area (Å²) in [5.41, 5.74) is 0. The first-order valence-electron chi connectivity index (χ1n) is 3.32. The van der Waals surface area contributed by atoms with Crippen molar-refractivity contribution in [3.63, 3.8) is 0 Å². The van der Waals surface area contributed by atoms with E-state index in [1.54, 1.807) is 0 Å². The van der Waals surface area contributed by atoms with Crippen LogP contribution >= 0.6 is 0 Å². The van der Waals surface area contributed by atoms with Gasteiger partial charge in [0.1, 0.15) is 0 Å². The number of carboxylic acid groups (broad SMARTS) is 6. The van der Waals surface area contributed by atoms with E-state index < -0.39 is 35.8 Å². The molecule has 0 fully saturated rings. The van der Waals surface area contributed by atoms with Gasteiger partial charge >= 0.3 is 35.8 Å². The Kier molecular flexibility index (Phi) is 37.9. The third-order valence-corrected chi connectivity index (χ3v) is 0.549. The Balaban J connectivity index is -0.0000000375. The number of aliphatic carboxylic acids is 6. The number of rotatable bonds is 0. The molecule has 0 unspecified atom stereocenters. The van der Waals surface area contributed by atoms with Gasteiger partial charge in [0.2, 0.25) is 0 Å². The van der Waals surface area contributed by atoms with Crippen LogP contribution in [0.1, 0.15) is 0 Å². The van der Waals surface area contributed by atoms with Gasteiger partial charge in [0, 0.05) is 73.7 Å². The molecule has 0 spiro atoms. The molecule has 2 radical (unpaired) electrons. The molecule has 140 valence electrons. The van der Waals surface area contributed by atoms with Crippen molar-refractivity contribution in [2.45, 2.75) is 0 Å². The summed E-state index contributed by atoms with van der Waals surface area (Å²) in [4.78, 5) is 54.6. The topological polar surface area (TPSA) is 255 Å². The van der Waals surface area contributed by atoms with Crippen LogP contribution in [0.25, 0.3) is 0 Å². The van der Waals surface area contributed by atoms with Crippen LogP contribution in [-0.2, 0) is 28.8 Å². The summed E-state index contributed by atoms with van der Waals surface area (Å²) < 4.78 is 0. The van der Waals surface area contributed by atoms with Crippen molar-refractivity contribution in [3.05, 3.63) is 0 Å². The summed E-state index contributed by atoms with van der Waals surface area (Å²) in [5.74, 6) is -10.9. The fourth-order valence-electron chi connectivity index (χ4n) is 0. The van der Waals surface area contributed by atoms with Crippen molar-refractivity contribution in [1.82, 2.24) is 0 Å². The van der Waals surface area contributed by atoms with Gasteiger partial charge in [0.05, 0.1) is 0 Å². The smallest absolute Gasteiger partial charge is 0.414 e. The van der Waals surface area contributed by atoms with E-state index >= 15 is 0 Å². The first kappa shape index (κ1) is 37.0. The van der Waals surface area contributed by atoms with Crippen LogP contribution < -0.4 is 0 Å². The minimum Gasteiger partial charge on any atom is -0.473 e. The number of hydrogen-bond acceptors (Lipinski definition) is 6. The Bertz CT molecular complexity index is 282. The Hall–Kier alpha value is -0.752. The molecule has 0 saturated carbocycles. The zero-order chi connectivity index (χ0) is 15.5. The van der Waals surface area contributed by atoms with Gasteiger partial charge in [0.25, 0.3) is 0 Å². The minimum absolute atomic E-state index is 0. The molecular formula is C6H8Lu2O13. The summed E-state index contributed by atoms with van der Waals surface area (Å²) in [6, 6.07) is 0. The van der Waals surface area contributed by atoms with Crippen LogP contribution in [0.3, 0.4) is 0 Å². The fraction of sp³-hybridized carbons (Fsp3) is 0. The largest absolute Gasteiger partial charge is 0.473 e. The maximum Gasteiger partial charge on any atom is 0.414 e. The van der Waals surface area contributed by atoms with Crippen LogP contribution in [0.4, 0.5) is 0 Å². The molecule has 0 aromatic rings. The van der Waals surface area contributed by atoms with Crippen molar-refractivity contribution < 1.29 is 139 Å². The molecule has 8 N–H and O–H groups in total. The number of hydrogen-bond donors (Lipinski definition) is 6. The van der Waals surface area contributed by atoms with Crippen LogP contribution in [0.15, 0.2) is 0 Å². The van der Waals surface area contributed by atoms with Gasteiger partial charge in [-0.15, -0.1) is 0 Å². The first-order valence-corrected chi connectivity index (χ1v) is 3.32. The van der Waals surface area contributed by atoms with Gasteiger partial charge in [-0.25, -0.2) is 28.8 Å². The molecule has 0 bridgehead atoms. The molecule has 0 atom stereocenters. The minimum atomic E-state index is -1.82. The van der Waals surface area contributed by atoms with Crippen molar-refractivity contribution in [2.24, 2.45) is 0 Å². The maximum absolute atomic E-state index is 9.10. The molecule has 0 aromatic heterocycles. The van der Waals surface area contributed by atoms with Gasteiger partial charge in [-0.3, -0.25) is 0 Å². The average molecular weight is 638 g/mol. The van der Waals surface area contributed by atoms with Gasteiger partial charge < -0.3 is 36.1 Å². The molecule has 15 heteroatoms. The van der Waals surface area contributed by atoms with E-state index in [-0.39, 0.29) is 79.2 Å². The van der Waals surface area contributed by atoms with Gasteiger partial charge in [-0.05, 0) is 0 Å². The normalized spacial score (nSPS) is 6.29. The Morgan fingerprint density at radius 2 is 0.429 bits per heavy atom. The monoisotopic (exact) mass is 638 g/mol. The predicted molar refractivity (Wildman–Crippen MR) is 49.4 cm³/mol. The fourth-order valence-corrected chi connectivity index (χ4v) is 0. The van der Waals surface area contributed by atoms with Crippen LogP contribution in [0, 0.1) is 73.7 Å². The van der Waals surface area contributed by atoms with Gasteiger partial charge in [-0.1, -0.05) is 0 Å². The summed E-state index contributed by atoms with van der Waals surface area (Å²) >= 11 is 0. The molecule has 0 rings (SSSR count). The molecule has 13 nitrogen and oxygen atoms in total. The zero-order valence-corrected chi connectivity index (χ0v) is 12.5. The molecular weight excluding hydrogens is 630 g/mol. The van der Waals surface area contributed by atoms with Crippen molar-refractivity contribution in [1.29, 1.82) is 0 Å². The maximum atomic E-state index is 9.10. The van der Waals surface area contributed by atoms with E-state index in [9.17, 15) is 0 Å². The Morgan fingerprint density at radius 1 is 0.381 bits per heavy atom. The van der Waals surface area contributed by atoms with Crippen LogP contribution in [0.2, 0.25) is 0 Å². The molecule has 0 amide bonds. The van der Waals surface area contributed by atoms with E-state index in [2.05, 4.69) is 0 Å². The van der Waals surface area contributed by atoms with E-state index in [1.807, 2.05) is 0 Å². The average Bonchev–Trinajstić information content (AvgIpc) is 2.18. The Morgan fingerprint density at radius 3 is 0.429 bits per heavy atom. The summed E-state index contributed by atoms with van der Waals surface area (Å²) in [6.07, 6.45) is 0. The first-order chi connectivity index (χ1) is 7.93. The van der Waals surface area contributed by atoms with Crippen molar-refractivity contribution >= 4 is 35.8 Å². The van der Waals surface area contributed by atoms with E-state index in [4.69, 9.17) is 59.4 Å². The van der Waals surface area contributed by atoms with E-state index in [0.29, 0.717) is 0 Å². The zero-order valence-electron chi connectivity index (χ0n) is 9.15. The molecule has 0 aliphatic heterocycles. The molecule has 0 aliphatic carbocycles. The Labute approximate surface area is 172 Å². The van der Waals surface area contributed by atoms with Crippen LogP contribution in [-0.4, -0.2) is 71.9 Å². The number of carboxylic acids is 6. The van der Waals surface area contributed by atoms with Crippen molar-refractivity contribution in [2.75, 3.05) is 0 Å². The number of carbonyl (C=O) groups is 6. The van der Waals surface area contributed by atoms with Crippen molar-refractivity contribution in [3.8, 4) is 0 Å². The quantitative estimate of drug-likeness (QED) is 0.142. The van der Waals surface area contributed by atoms with Gasteiger partial charge in [0.15, 0.2) is 0 Å². The summed E-state index contributed by atoms with van der Waals surface area (Å²) in [7, 11) is 0. The molecule has 0 aromatic carbocycles. The van der Waals surface area contributed by atoms with Gasteiger partial charge in [-0.2, -0.15) is 0 Å². The van der Waals surface area contributed by atoms with E-state index in [0.717, 1.165) is 0 Å². The summed E-state index contributed by atoms with van der Waals surface area (Å²) in [6.45, 7) is 0. The summed E-state index contributed by atoms with van der Waals surface area (Å²) in [5, 5.41) is 44.3. The molecule has 0 saturated heterocycles. The molecule has 21 heavy (non-hydrogen) atoms. The molecule has 0 heterocycles. The second kappa shape index (κ2) is 21.5. The second-order valence-corrected chi connectivity index (χ2v) is 1.83. The predicted octanol–water partition coefficient (Wildman–Crippen LogP) is -3.36. The third kappa shape index (κ3) is 45.3. The molecule has 0 aliphatic rings. The van der Waals surface area contributed by atoms with Crippen LogP contribution in [0.5, 0.6) is 0 Å². The second-order valence-electron chi connectivity index (χ2n) is 1.83. The third-order valence-electron chi connectivity index (χ3n) is 0.549. The van der Waals surface area contributed by atoms with E-state index in [1.165, 1.54) is 0 Å². The SMILES string of the molecule is O.O=C(O)C(=O)O.O=C(O)C(=O)O.O=C(O)C(=O)O.[Lu].[Lu]. The standard InChI is InChI=1S/3C2H2O4.2Lu.H2O/c3*3-1(4)2(5)6;;;/h3*(H,3,4)(H,5,6);;;1H2.